The van der Waals surface area contributed by atoms with E-state index in [1.807, 2.05) is 19.3 Å². The summed E-state index contributed by atoms with van der Waals surface area (Å²) in [6, 6.07) is 6.18. The van der Waals surface area contributed by atoms with Gasteiger partial charge in [0.25, 0.3) is 0 Å². The highest BCUT2D eigenvalue weighted by Gasteiger charge is 2.30. The van der Waals surface area contributed by atoms with E-state index in [1.165, 1.54) is 17.5 Å². The number of amides is 1. The molecule has 0 spiro atoms. The zero-order valence-corrected chi connectivity index (χ0v) is 20.2. The lowest BCUT2D eigenvalue weighted by atomic mass is 9.86. The van der Waals surface area contributed by atoms with Gasteiger partial charge in [-0.25, -0.2) is 18.4 Å². The van der Waals surface area contributed by atoms with Crippen molar-refractivity contribution in [3.05, 3.63) is 46.9 Å². The van der Waals surface area contributed by atoms with Crippen molar-refractivity contribution in [3.63, 3.8) is 0 Å². The minimum Gasteiger partial charge on any atom is -0.356 e. The van der Waals surface area contributed by atoms with Crippen molar-refractivity contribution in [2.45, 2.75) is 32.2 Å². The van der Waals surface area contributed by atoms with Crippen LogP contribution in [0.1, 0.15) is 35.2 Å². The van der Waals surface area contributed by atoms with Crippen LogP contribution in [0, 0.1) is 5.92 Å². The third-order valence-electron chi connectivity index (χ3n) is 6.64. The molecule has 0 saturated carbocycles. The molecule has 1 unspecified atom stereocenters. The Morgan fingerprint density at radius 1 is 1.26 bits per heavy atom. The van der Waals surface area contributed by atoms with E-state index in [0.717, 1.165) is 53.1 Å². The van der Waals surface area contributed by atoms with Crippen LogP contribution in [0.15, 0.2) is 29.5 Å². The average Bonchev–Trinajstić information content (AvgIpc) is 3.39. The zero-order chi connectivity index (χ0) is 23.9. The molecule has 0 radical (unpaired) electrons. The van der Waals surface area contributed by atoms with Gasteiger partial charge in [-0.2, -0.15) is 0 Å². The molecule has 10 heteroatoms. The van der Waals surface area contributed by atoms with Crippen LogP contribution in [0.5, 0.6) is 0 Å². The number of aliphatic imine (C=N–C) groups is 1. The van der Waals surface area contributed by atoms with E-state index in [1.54, 1.807) is 6.33 Å². The highest BCUT2D eigenvalue weighted by atomic mass is 32.2. The number of nitrogens with zero attached hydrogens (tertiary/aromatic N) is 4. The topological polar surface area (TPSA) is 118 Å². The van der Waals surface area contributed by atoms with E-state index in [4.69, 9.17) is 0 Å². The largest absolute Gasteiger partial charge is 0.356 e. The second-order valence-corrected chi connectivity index (χ2v) is 11.4. The molecule has 34 heavy (non-hydrogen) atoms. The Kier molecular flexibility index (Phi) is 5.85. The second kappa shape index (κ2) is 8.83. The molecular formula is C24H28N6O3S. The molecule has 1 amide bonds. The summed E-state index contributed by atoms with van der Waals surface area (Å²) in [5.41, 5.74) is 6.38. The highest BCUT2D eigenvalue weighted by Crippen LogP contribution is 2.37. The van der Waals surface area contributed by atoms with Gasteiger partial charge in [-0.3, -0.25) is 9.79 Å². The van der Waals surface area contributed by atoms with Crippen LogP contribution in [0.25, 0.3) is 11.0 Å². The standard InChI is InChI=1S/C24H28N6O3S/c1-30-20-7-5-15(24(31)26-8-3-9-34(2,32)33)11-19(20)21-22(27-14-28-23(21)30)29-18-6-4-16-12-25-13-17(16)10-18/h4,6,10,13-15H,3,5,7-9,11-12H2,1-2H3,(H,26,31)(H,27,28,29). The summed E-state index contributed by atoms with van der Waals surface area (Å²) in [6.07, 6.45) is 7.21. The van der Waals surface area contributed by atoms with Crippen molar-refractivity contribution in [2.75, 3.05) is 23.9 Å². The Morgan fingerprint density at radius 2 is 2.12 bits per heavy atom. The van der Waals surface area contributed by atoms with Crippen molar-refractivity contribution in [1.29, 1.82) is 0 Å². The van der Waals surface area contributed by atoms with E-state index in [2.05, 4.69) is 42.3 Å². The number of aromatic nitrogens is 3. The van der Waals surface area contributed by atoms with E-state index < -0.39 is 9.84 Å². The number of anilines is 2. The summed E-state index contributed by atoms with van der Waals surface area (Å²) in [7, 11) is -1.02. The van der Waals surface area contributed by atoms with Gasteiger partial charge in [0.15, 0.2) is 0 Å². The maximum absolute atomic E-state index is 12.8. The first-order valence-electron chi connectivity index (χ1n) is 11.5. The van der Waals surface area contributed by atoms with Crippen molar-refractivity contribution >= 4 is 44.5 Å². The van der Waals surface area contributed by atoms with Gasteiger partial charge in [-0.05, 0) is 54.5 Å². The number of sulfone groups is 1. The second-order valence-electron chi connectivity index (χ2n) is 9.13. The van der Waals surface area contributed by atoms with Crippen molar-refractivity contribution in [1.82, 2.24) is 19.9 Å². The van der Waals surface area contributed by atoms with Crippen molar-refractivity contribution in [3.8, 4) is 0 Å². The van der Waals surface area contributed by atoms with Gasteiger partial charge in [0.05, 0.1) is 17.7 Å². The molecule has 9 nitrogen and oxygen atoms in total. The molecule has 5 rings (SSSR count). The maximum atomic E-state index is 12.8. The molecule has 0 bridgehead atoms. The fourth-order valence-electron chi connectivity index (χ4n) is 4.91. The van der Waals surface area contributed by atoms with Gasteiger partial charge < -0.3 is 15.2 Å². The number of benzene rings is 1. The van der Waals surface area contributed by atoms with Crippen molar-refractivity contribution in [2.24, 2.45) is 18.0 Å². The molecule has 1 aromatic carbocycles. The molecule has 1 atom stereocenters. The first-order valence-corrected chi connectivity index (χ1v) is 13.5. The van der Waals surface area contributed by atoms with Gasteiger partial charge in [0.2, 0.25) is 5.91 Å². The lowest BCUT2D eigenvalue weighted by Crippen LogP contribution is -2.35. The number of fused-ring (bicyclic) bond motifs is 4. The fraction of sp³-hybridized carbons (Fsp3) is 0.417. The molecule has 2 aliphatic rings. The maximum Gasteiger partial charge on any atom is 0.223 e. The molecule has 1 aliphatic carbocycles. The Bertz CT molecular complexity index is 1410. The van der Waals surface area contributed by atoms with Gasteiger partial charge in [0, 0.05) is 43.4 Å². The fourth-order valence-corrected chi connectivity index (χ4v) is 5.57. The molecule has 0 fully saturated rings. The first-order chi connectivity index (χ1) is 16.3. The quantitative estimate of drug-likeness (QED) is 0.501. The van der Waals surface area contributed by atoms with E-state index in [0.29, 0.717) is 19.4 Å². The highest BCUT2D eigenvalue weighted by molar-refractivity contribution is 7.90. The number of carbonyl (C=O) groups excluding carboxylic acids is 1. The number of hydrogen-bond acceptors (Lipinski definition) is 7. The summed E-state index contributed by atoms with van der Waals surface area (Å²) in [5.74, 6) is 0.610. The Morgan fingerprint density at radius 3 is 2.94 bits per heavy atom. The number of nitrogens with one attached hydrogen (secondary N) is 2. The van der Waals surface area contributed by atoms with Gasteiger partial charge in [0.1, 0.15) is 27.6 Å². The monoisotopic (exact) mass is 480 g/mol. The van der Waals surface area contributed by atoms with Crippen LogP contribution >= 0.6 is 0 Å². The summed E-state index contributed by atoms with van der Waals surface area (Å²) in [4.78, 5) is 26.2. The molecule has 3 aromatic rings. The number of carbonyl (C=O) groups is 1. The third-order valence-corrected chi connectivity index (χ3v) is 7.67. The predicted molar refractivity (Wildman–Crippen MR) is 132 cm³/mol. The molecule has 2 aromatic heterocycles. The molecule has 2 N–H and O–H groups in total. The minimum absolute atomic E-state index is 0.0274. The SMILES string of the molecule is Cn1c2c(c3c(Nc4ccc5c(c4)C=NC5)ncnc31)CC(C(=O)NCCCS(C)(=O)=O)CC2. The summed E-state index contributed by atoms with van der Waals surface area (Å²) < 4.78 is 24.7. The van der Waals surface area contributed by atoms with Gasteiger partial charge in [-0.1, -0.05) is 6.07 Å². The first kappa shape index (κ1) is 22.5. The van der Waals surface area contributed by atoms with Crippen LogP contribution in [-0.4, -0.2) is 53.6 Å². The molecular weight excluding hydrogens is 452 g/mol. The summed E-state index contributed by atoms with van der Waals surface area (Å²) in [5, 5.41) is 7.32. The molecule has 0 saturated heterocycles. The summed E-state index contributed by atoms with van der Waals surface area (Å²) >= 11 is 0. The van der Waals surface area contributed by atoms with E-state index >= 15 is 0 Å². The molecule has 1 aliphatic heterocycles. The average molecular weight is 481 g/mol. The van der Waals surface area contributed by atoms with E-state index in [-0.39, 0.29) is 17.6 Å². The molecule has 3 heterocycles. The van der Waals surface area contributed by atoms with Gasteiger partial charge >= 0.3 is 0 Å². The Labute approximate surface area is 198 Å². The van der Waals surface area contributed by atoms with Crippen LogP contribution in [0.2, 0.25) is 0 Å². The van der Waals surface area contributed by atoms with Crippen molar-refractivity contribution < 1.29 is 13.2 Å². The smallest absolute Gasteiger partial charge is 0.223 e. The third kappa shape index (κ3) is 4.42. The minimum atomic E-state index is -3.02. The van der Waals surface area contributed by atoms with Crippen LogP contribution in [0.4, 0.5) is 11.5 Å². The Hall–Kier alpha value is -3.27. The summed E-state index contributed by atoms with van der Waals surface area (Å²) in [6.45, 7) is 1.08. The number of aryl methyl sites for hydroxylation is 1. The van der Waals surface area contributed by atoms with E-state index in [9.17, 15) is 13.2 Å². The zero-order valence-electron chi connectivity index (χ0n) is 19.3. The van der Waals surface area contributed by atoms with Crippen LogP contribution < -0.4 is 10.6 Å². The predicted octanol–water partition coefficient (Wildman–Crippen LogP) is 2.30. The number of hydrogen-bond donors (Lipinski definition) is 2. The Balaban J connectivity index is 1.38. The lowest BCUT2D eigenvalue weighted by molar-refractivity contribution is -0.125. The number of rotatable bonds is 7. The van der Waals surface area contributed by atoms with Crippen LogP contribution in [-0.2, 0) is 41.1 Å². The normalized spacial score (nSPS) is 16.9. The molecule has 178 valence electrons. The van der Waals surface area contributed by atoms with Gasteiger partial charge in [-0.15, -0.1) is 0 Å². The lowest BCUT2D eigenvalue weighted by Gasteiger charge is -2.23. The van der Waals surface area contributed by atoms with Crippen LogP contribution in [0.3, 0.4) is 0 Å².